The second kappa shape index (κ2) is 6.29. The Hall–Kier alpha value is -2.19. The van der Waals surface area contributed by atoms with Crippen molar-refractivity contribution in [3.63, 3.8) is 0 Å². The van der Waals surface area contributed by atoms with E-state index in [0.717, 1.165) is 12.1 Å². The van der Waals surface area contributed by atoms with E-state index in [1.807, 2.05) is 0 Å². The number of hydrogen-bond acceptors (Lipinski definition) is 3. The Labute approximate surface area is 125 Å². The molecule has 1 aromatic carbocycles. The van der Waals surface area contributed by atoms with Gasteiger partial charge >= 0.3 is 19.0 Å². The lowest BCUT2D eigenvalue weighted by molar-refractivity contribution is -0.136. The number of carboxylic acids is 1. The fraction of sp³-hybridized carbons (Fsp3) is 0.385. The first-order valence-corrected chi connectivity index (χ1v) is 6.42. The molecule has 0 spiro atoms. The maximum absolute atomic E-state index is 12.9. The van der Waals surface area contributed by atoms with Crippen molar-refractivity contribution < 1.29 is 32.4 Å². The van der Waals surface area contributed by atoms with Gasteiger partial charge in [0.15, 0.2) is 0 Å². The Morgan fingerprint density at radius 2 is 1.82 bits per heavy atom. The van der Waals surface area contributed by atoms with Crippen LogP contribution in [0.4, 0.5) is 23.4 Å². The van der Waals surface area contributed by atoms with Crippen molar-refractivity contribution in [3.8, 4) is 0 Å². The highest BCUT2D eigenvalue weighted by Crippen LogP contribution is 2.17. The molecule has 0 unspecified atom stereocenters. The zero-order chi connectivity index (χ0) is 17.1. The van der Waals surface area contributed by atoms with Gasteiger partial charge in [-0.05, 0) is 32.4 Å². The first-order chi connectivity index (χ1) is 9.87. The molecule has 122 valence electrons. The van der Waals surface area contributed by atoms with Gasteiger partial charge in [0.1, 0.15) is 5.60 Å². The minimum absolute atomic E-state index is 0.0599. The lowest BCUT2D eigenvalue weighted by Gasteiger charge is -2.21. The molecule has 1 amide bonds. The molecule has 0 fully saturated rings. The number of nitrogens with one attached hydrogen (secondary N) is 1. The number of ether oxygens (including phenoxy) is 1. The number of carbonyl (C=O) groups excluding carboxylic acids is 1. The lowest BCUT2D eigenvalue weighted by Crippen LogP contribution is -2.35. The fourth-order valence-corrected chi connectivity index (χ4v) is 1.68. The summed E-state index contributed by atoms with van der Waals surface area (Å²) in [7, 11) is 0. The zero-order valence-electron chi connectivity index (χ0n) is 12.3. The second-order valence-electron chi connectivity index (χ2n) is 5.74. The molecule has 0 aliphatic rings. The van der Waals surface area contributed by atoms with Crippen molar-refractivity contribution in [1.29, 1.82) is 0 Å². The average Bonchev–Trinajstić information content (AvgIpc) is 2.22. The summed E-state index contributed by atoms with van der Waals surface area (Å²) in [6, 6.07) is 2.67. The Morgan fingerprint density at radius 3 is 2.27 bits per heavy atom. The van der Waals surface area contributed by atoms with Gasteiger partial charge in [0.25, 0.3) is 0 Å². The summed E-state index contributed by atoms with van der Waals surface area (Å²) in [5.74, 6) is -1.27. The standard InChI is InChI=1S/C13H16BF3NO4/c1-13(2,3)22-12(21)18-10-5-8(6-11(19)20)4-9(7-10)14(15,16)17/h4-5,7H,6H2,1-3H3,(H,18,21)(H,19,20)/q-1. The molecular weight excluding hydrogens is 302 g/mol. The van der Waals surface area contributed by atoms with Gasteiger partial charge in [-0.25, -0.2) is 4.79 Å². The van der Waals surface area contributed by atoms with Crippen molar-refractivity contribution in [1.82, 2.24) is 0 Å². The molecule has 0 saturated heterocycles. The summed E-state index contributed by atoms with van der Waals surface area (Å²) < 4.78 is 43.5. The molecule has 2 N–H and O–H groups in total. The molecule has 0 radical (unpaired) electrons. The number of amides is 1. The zero-order valence-corrected chi connectivity index (χ0v) is 12.3. The van der Waals surface area contributed by atoms with Crippen LogP contribution in [0.3, 0.4) is 0 Å². The van der Waals surface area contributed by atoms with E-state index >= 15 is 0 Å². The molecule has 0 bridgehead atoms. The summed E-state index contributed by atoms with van der Waals surface area (Å²) in [4.78, 5) is 22.3. The molecule has 5 nitrogen and oxygen atoms in total. The van der Waals surface area contributed by atoms with Crippen LogP contribution in [0.25, 0.3) is 0 Å². The lowest BCUT2D eigenvalue weighted by atomic mass is 9.79. The van der Waals surface area contributed by atoms with Crippen molar-refractivity contribution in [3.05, 3.63) is 23.8 Å². The minimum atomic E-state index is -5.32. The number of rotatable bonds is 4. The molecule has 1 rings (SSSR count). The van der Waals surface area contributed by atoms with E-state index in [-0.39, 0.29) is 11.3 Å². The number of halogens is 3. The van der Waals surface area contributed by atoms with E-state index in [4.69, 9.17) is 9.84 Å². The van der Waals surface area contributed by atoms with Crippen LogP contribution in [0.2, 0.25) is 0 Å². The molecule has 0 saturated carbocycles. The number of anilines is 1. The molecule has 9 heteroatoms. The topological polar surface area (TPSA) is 75.6 Å². The first-order valence-electron chi connectivity index (χ1n) is 6.42. The Bertz CT molecular complexity index is 582. The van der Waals surface area contributed by atoms with E-state index in [1.165, 1.54) is 6.07 Å². The van der Waals surface area contributed by atoms with Crippen molar-refractivity contribution in [2.45, 2.75) is 32.8 Å². The number of hydrogen-bond donors (Lipinski definition) is 2. The van der Waals surface area contributed by atoms with Crippen LogP contribution >= 0.6 is 0 Å². The molecule has 0 atom stereocenters. The van der Waals surface area contributed by atoms with Crippen molar-refractivity contribution in [2.24, 2.45) is 0 Å². The van der Waals surface area contributed by atoms with Gasteiger partial charge in [-0.3, -0.25) is 10.1 Å². The molecule has 0 aliphatic heterocycles. The molecule has 22 heavy (non-hydrogen) atoms. The van der Waals surface area contributed by atoms with Crippen LogP contribution in [0.1, 0.15) is 26.3 Å². The van der Waals surface area contributed by atoms with Gasteiger partial charge in [0, 0.05) is 5.69 Å². The SMILES string of the molecule is CC(C)(C)OC(=O)Nc1cc(CC(=O)O)cc([B-](F)(F)F)c1. The van der Waals surface area contributed by atoms with Gasteiger partial charge in [-0.2, -0.15) is 0 Å². The summed E-state index contributed by atoms with van der Waals surface area (Å²) in [6.45, 7) is -0.492. The number of carbonyl (C=O) groups is 2. The highest BCUT2D eigenvalue weighted by Gasteiger charge is 2.27. The summed E-state index contributed by atoms with van der Waals surface area (Å²) in [5.41, 5.74) is -2.01. The van der Waals surface area contributed by atoms with E-state index in [1.54, 1.807) is 20.8 Å². The second-order valence-corrected chi connectivity index (χ2v) is 5.74. The predicted octanol–water partition coefficient (Wildman–Crippen LogP) is 2.72. The quantitative estimate of drug-likeness (QED) is 0.837. The molecule has 0 aliphatic carbocycles. The Kier molecular flexibility index (Phi) is 5.11. The third-order valence-corrected chi connectivity index (χ3v) is 2.39. The maximum Gasteiger partial charge on any atom is 0.509 e. The normalized spacial score (nSPS) is 11.9. The maximum atomic E-state index is 12.9. The van der Waals surface area contributed by atoms with Gasteiger partial charge < -0.3 is 22.8 Å². The minimum Gasteiger partial charge on any atom is -0.481 e. The molecular formula is C13H16BF3NO4-. The van der Waals surface area contributed by atoms with Gasteiger partial charge in [-0.1, -0.05) is 12.1 Å². The molecule has 1 aromatic rings. The van der Waals surface area contributed by atoms with Crippen LogP contribution in [-0.2, 0) is 16.0 Å². The summed E-state index contributed by atoms with van der Waals surface area (Å²) in [5, 5.41) is 10.9. The average molecular weight is 318 g/mol. The summed E-state index contributed by atoms with van der Waals surface area (Å²) in [6.07, 6.45) is -1.50. The fourth-order valence-electron chi connectivity index (χ4n) is 1.68. The predicted molar refractivity (Wildman–Crippen MR) is 76.4 cm³/mol. The number of aliphatic carboxylic acids is 1. The van der Waals surface area contributed by atoms with Gasteiger partial charge in [0.2, 0.25) is 0 Å². The highest BCUT2D eigenvalue weighted by atomic mass is 19.4. The van der Waals surface area contributed by atoms with E-state index in [9.17, 15) is 22.5 Å². The molecule has 0 heterocycles. The van der Waals surface area contributed by atoms with Crippen LogP contribution in [0, 0.1) is 0 Å². The highest BCUT2D eigenvalue weighted by molar-refractivity contribution is 6.73. The number of benzene rings is 1. The van der Waals surface area contributed by atoms with E-state index in [2.05, 4.69) is 5.32 Å². The van der Waals surface area contributed by atoms with E-state index < -0.39 is 36.5 Å². The Morgan fingerprint density at radius 1 is 1.23 bits per heavy atom. The molecule has 0 aromatic heterocycles. The first kappa shape index (κ1) is 17.9. The van der Waals surface area contributed by atoms with Gasteiger partial charge in [0.05, 0.1) is 6.42 Å². The number of carboxylic acid groups (broad SMARTS) is 1. The van der Waals surface area contributed by atoms with E-state index in [0.29, 0.717) is 0 Å². The third-order valence-electron chi connectivity index (χ3n) is 2.39. The third kappa shape index (κ3) is 6.07. The summed E-state index contributed by atoms with van der Waals surface area (Å²) >= 11 is 0. The smallest absolute Gasteiger partial charge is 0.481 e. The van der Waals surface area contributed by atoms with Gasteiger partial charge in [-0.15, -0.1) is 5.46 Å². The van der Waals surface area contributed by atoms with Crippen molar-refractivity contribution in [2.75, 3.05) is 5.32 Å². The van der Waals surface area contributed by atoms with Crippen molar-refractivity contribution >= 4 is 30.2 Å². The monoisotopic (exact) mass is 318 g/mol. The van der Waals surface area contributed by atoms with Crippen LogP contribution in [0.15, 0.2) is 18.2 Å². The van der Waals surface area contributed by atoms with Crippen LogP contribution in [-0.4, -0.2) is 29.7 Å². The largest absolute Gasteiger partial charge is 0.509 e. The Balaban J connectivity index is 3.07. The van der Waals surface area contributed by atoms with Crippen LogP contribution in [0.5, 0.6) is 0 Å². The van der Waals surface area contributed by atoms with Crippen LogP contribution < -0.4 is 10.8 Å².